The van der Waals surface area contributed by atoms with Crippen LogP contribution >= 0.6 is 22.9 Å². The average Bonchev–Trinajstić information content (AvgIpc) is 2.86. The average molecular weight is 346 g/mol. The van der Waals surface area contributed by atoms with Gasteiger partial charge >= 0.3 is 0 Å². The topological polar surface area (TPSA) is 88.2 Å². The van der Waals surface area contributed by atoms with Gasteiger partial charge in [0, 0.05) is 12.1 Å². The molecule has 6 nitrogen and oxygen atoms in total. The Bertz CT molecular complexity index is 759. The number of rotatable bonds is 5. The summed E-state index contributed by atoms with van der Waals surface area (Å²) in [5.41, 5.74) is 0.859. The maximum Gasteiger partial charge on any atom is 0.273 e. The van der Waals surface area contributed by atoms with Crippen molar-refractivity contribution in [3.63, 3.8) is 0 Å². The van der Waals surface area contributed by atoms with Crippen LogP contribution < -0.4 is 10.0 Å². The predicted octanol–water partition coefficient (Wildman–Crippen LogP) is 2.95. The van der Waals surface area contributed by atoms with Gasteiger partial charge in [0.1, 0.15) is 0 Å². The summed E-state index contributed by atoms with van der Waals surface area (Å²) in [7, 11) is -3.73. The number of anilines is 2. The van der Waals surface area contributed by atoms with Crippen molar-refractivity contribution < 1.29 is 13.2 Å². The molecular weight excluding hydrogens is 334 g/mol. The molecule has 0 saturated carbocycles. The van der Waals surface area contributed by atoms with E-state index in [-0.39, 0.29) is 14.6 Å². The Morgan fingerprint density at radius 3 is 2.71 bits per heavy atom. The van der Waals surface area contributed by atoms with Gasteiger partial charge in [0.05, 0.1) is 11.9 Å². The van der Waals surface area contributed by atoms with E-state index in [1.165, 1.54) is 12.3 Å². The van der Waals surface area contributed by atoms with Gasteiger partial charge in [0.25, 0.3) is 10.0 Å². The molecule has 9 heteroatoms. The molecule has 0 atom stereocenters. The summed E-state index contributed by atoms with van der Waals surface area (Å²) < 4.78 is 26.8. The van der Waals surface area contributed by atoms with Crippen molar-refractivity contribution in [1.29, 1.82) is 0 Å². The van der Waals surface area contributed by atoms with Crippen LogP contribution in [0.15, 0.2) is 34.7 Å². The van der Waals surface area contributed by atoms with Gasteiger partial charge in [0.2, 0.25) is 5.91 Å². The maximum absolute atomic E-state index is 12.1. The van der Waals surface area contributed by atoms with E-state index >= 15 is 0 Å². The largest absolute Gasteiger partial charge is 0.326 e. The molecule has 1 amide bonds. The number of sulfonamides is 1. The molecule has 2 N–H and O–H groups in total. The molecule has 0 aliphatic heterocycles. The lowest BCUT2D eigenvalue weighted by Gasteiger charge is -2.08. The number of benzene rings is 1. The van der Waals surface area contributed by atoms with E-state index in [0.29, 0.717) is 17.8 Å². The molecule has 0 aliphatic rings. The fourth-order valence-corrected chi connectivity index (χ4v) is 3.82. The fourth-order valence-electron chi connectivity index (χ4n) is 1.48. The molecule has 1 aromatic carbocycles. The molecule has 0 fully saturated rings. The summed E-state index contributed by atoms with van der Waals surface area (Å²) in [6.45, 7) is 1.73. The number of hydrogen-bond acceptors (Lipinski definition) is 5. The van der Waals surface area contributed by atoms with Crippen LogP contribution in [0.3, 0.4) is 0 Å². The van der Waals surface area contributed by atoms with E-state index in [1.807, 2.05) is 0 Å². The van der Waals surface area contributed by atoms with Gasteiger partial charge in [-0.1, -0.05) is 35.9 Å². The first-order valence-corrected chi connectivity index (χ1v) is 8.62. The number of hydrogen-bond donors (Lipinski definition) is 2. The predicted molar refractivity (Wildman–Crippen MR) is 83.3 cm³/mol. The van der Waals surface area contributed by atoms with Gasteiger partial charge in [0.15, 0.2) is 8.68 Å². The molecule has 2 rings (SSSR count). The monoisotopic (exact) mass is 345 g/mol. The molecule has 21 heavy (non-hydrogen) atoms. The summed E-state index contributed by atoms with van der Waals surface area (Å²) in [6.07, 6.45) is 1.54. The van der Waals surface area contributed by atoms with E-state index in [4.69, 9.17) is 11.6 Å². The smallest absolute Gasteiger partial charge is 0.273 e. The van der Waals surface area contributed by atoms with Crippen LogP contribution in [0.25, 0.3) is 0 Å². The zero-order valence-electron chi connectivity index (χ0n) is 11.0. The number of halogens is 1. The summed E-state index contributed by atoms with van der Waals surface area (Å²) in [5, 5.41) is 2.66. The van der Waals surface area contributed by atoms with Gasteiger partial charge in [-0.2, -0.15) is 0 Å². The van der Waals surface area contributed by atoms with Crippen LogP contribution in [0.5, 0.6) is 0 Å². The lowest BCUT2D eigenvalue weighted by atomic mass is 10.3. The summed E-state index contributed by atoms with van der Waals surface area (Å²) >= 11 is 6.50. The van der Waals surface area contributed by atoms with E-state index < -0.39 is 10.0 Å². The third-order valence-corrected chi connectivity index (χ3v) is 5.40. The SMILES string of the molecule is CCC(=O)Nc1cccc(NS(=O)(=O)c2cnc(Cl)s2)c1. The van der Waals surface area contributed by atoms with Crippen molar-refractivity contribution in [2.45, 2.75) is 17.6 Å². The molecule has 1 heterocycles. The summed E-state index contributed by atoms with van der Waals surface area (Å²) in [5.74, 6) is -0.149. The second kappa shape index (κ2) is 6.42. The van der Waals surface area contributed by atoms with Crippen molar-refractivity contribution in [2.24, 2.45) is 0 Å². The Balaban J connectivity index is 2.19. The highest BCUT2D eigenvalue weighted by molar-refractivity contribution is 7.94. The van der Waals surface area contributed by atoms with E-state index in [2.05, 4.69) is 15.0 Å². The number of aromatic nitrogens is 1. The Hall–Kier alpha value is -1.64. The first kappa shape index (κ1) is 15.7. The van der Waals surface area contributed by atoms with Gasteiger partial charge < -0.3 is 5.32 Å². The van der Waals surface area contributed by atoms with Crippen LogP contribution in [0.2, 0.25) is 4.47 Å². The van der Waals surface area contributed by atoms with Crippen LogP contribution in [0.1, 0.15) is 13.3 Å². The second-order valence-electron chi connectivity index (χ2n) is 4.02. The lowest BCUT2D eigenvalue weighted by Crippen LogP contribution is -2.13. The van der Waals surface area contributed by atoms with E-state index in [9.17, 15) is 13.2 Å². The van der Waals surface area contributed by atoms with Crippen LogP contribution in [-0.4, -0.2) is 19.3 Å². The zero-order valence-corrected chi connectivity index (χ0v) is 13.3. The number of amides is 1. The molecule has 0 radical (unpaired) electrons. The first-order chi connectivity index (χ1) is 9.90. The van der Waals surface area contributed by atoms with E-state index in [1.54, 1.807) is 25.1 Å². The molecule has 112 valence electrons. The molecule has 2 aromatic rings. The van der Waals surface area contributed by atoms with Crippen molar-refractivity contribution in [2.75, 3.05) is 10.0 Å². The molecular formula is C12H12ClN3O3S2. The van der Waals surface area contributed by atoms with Crippen molar-refractivity contribution in [1.82, 2.24) is 4.98 Å². The maximum atomic E-state index is 12.1. The zero-order chi connectivity index (χ0) is 15.5. The van der Waals surface area contributed by atoms with Crippen LogP contribution in [-0.2, 0) is 14.8 Å². The quantitative estimate of drug-likeness (QED) is 0.872. The summed E-state index contributed by atoms with van der Waals surface area (Å²) in [4.78, 5) is 15.0. The Morgan fingerprint density at radius 1 is 1.38 bits per heavy atom. The number of nitrogens with one attached hydrogen (secondary N) is 2. The van der Waals surface area contributed by atoms with Crippen molar-refractivity contribution >= 4 is 50.2 Å². The fraction of sp³-hybridized carbons (Fsp3) is 0.167. The van der Waals surface area contributed by atoms with Gasteiger partial charge in [-0.05, 0) is 18.2 Å². The molecule has 0 unspecified atom stereocenters. The molecule has 0 aliphatic carbocycles. The molecule has 0 saturated heterocycles. The lowest BCUT2D eigenvalue weighted by molar-refractivity contribution is -0.115. The minimum absolute atomic E-state index is 0.0236. The minimum atomic E-state index is -3.73. The number of carbonyl (C=O) groups is 1. The highest BCUT2D eigenvalue weighted by Gasteiger charge is 2.17. The van der Waals surface area contributed by atoms with Crippen molar-refractivity contribution in [3.05, 3.63) is 34.9 Å². The highest BCUT2D eigenvalue weighted by Crippen LogP contribution is 2.25. The summed E-state index contributed by atoms with van der Waals surface area (Å²) in [6, 6.07) is 6.44. The number of nitrogens with zero attached hydrogens (tertiary/aromatic N) is 1. The minimum Gasteiger partial charge on any atom is -0.326 e. The first-order valence-electron chi connectivity index (χ1n) is 5.95. The van der Waals surface area contributed by atoms with Gasteiger partial charge in [-0.3, -0.25) is 9.52 Å². The van der Waals surface area contributed by atoms with Gasteiger partial charge in [-0.15, -0.1) is 0 Å². The van der Waals surface area contributed by atoms with Crippen LogP contribution in [0, 0.1) is 0 Å². The van der Waals surface area contributed by atoms with Crippen LogP contribution in [0.4, 0.5) is 11.4 Å². The number of thiazole rings is 1. The molecule has 1 aromatic heterocycles. The third-order valence-electron chi connectivity index (χ3n) is 2.44. The molecule has 0 spiro atoms. The standard InChI is InChI=1S/C12H12ClN3O3S2/c1-2-10(17)15-8-4-3-5-9(6-8)16-21(18,19)11-7-14-12(13)20-11/h3-7,16H,2H2,1H3,(H,15,17). The Kier molecular flexibility index (Phi) is 4.81. The molecule has 0 bridgehead atoms. The van der Waals surface area contributed by atoms with E-state index in [0.717, 1.165) is 11.3 Å². The normalized spacial score (nSPS) is 11.1. The van der Waals surface area contributed by atoms with Crippen molar-refractivity contribution in [3.8, 4) is 0 Å². The highest BCUT2D eigenvalue weighted by atomic mass is 35.5. The van der Waals surface area contributed by atoms with Gasteiger partial charge in [-0.25, -0.2) is 13.4 Å². The Labute approximate surface area is 131 Å². The number of carbonyl (C=O) groups excluding carboxylic acids is 1. The Morgan fingerprint density at radius 2 is 2.10 bits per heavy atom. The third kappa shape index (κ3) is 4.16. The second-order valence-corrected chi connectivity index (χ2v) is 7.54.